The lowest BCUT2D eigenvalue weighted by Crippen LogP contribution is -2.26. The molecule has 2 atom stereocenters. The minimum atomic E-state index is -0.201. The van der Waals surface area contributed by atoms with Gasteiger partial charge in [-0.2, -0.15) is 5.10 Å². The van der Waals surface area contributed by atoms with Crippen LogP contribution in [0.5, 0.6) is 0 Å². The fourth-order valence-electron chi connectivity index (χ4n) is 1.97. The molecule has 104 valence electrons. The number of aliphatic hydroxyl groups excluding tert-OH is 1. The molecule has 0 bridgehead atoms. The molecule has 5 heteroatoms. The van der Waals surface area contributed by atoms with E-state index >= 15 is 0 Å². The third-order valence-corrected chi connectivity index (χ3v) is 3.17. The third-order valence-electron chi connectivity index (χ3n) is 3.17. The molecule has 0 aliphatic heterocycles. The van der Waals surface area contributed by atoms with Crippen LogP contribution in [0.4, 0.5) is 0 Å². The Morgan fingerprint density at radius 1 is 1.42 bits per heavy atom. The van der Waals surface area contributed by atoms with Crippen LogP contribution in [0, 0.1) is 0 Å². The van der Waals surface area contributed by atoms with Crippen molar-refractivity contribution in [3.05, 3.63) is 42.1 Å². The molecular weight excluding hydrogens is 242 g/mol. The molecule has 19 heavy (non-hydrogen) atoms. The lowest BCUT2D eigenvalue weighted by atomic mass is 10.1. The molecule has 2 aromatic heterocycles. The highest BCUT2D eigenvalue weighted by atomic mass is 16.3. The molecule has 0 aliphatic carbocycles. The van der Waals surface area contributed by atoms with Crippen LogP contribution < -0.4 is 5.32 Å². The second kappa shape index (κ2) is 6.04. The van der Waals surface area contributed by atoms with Crippen LogP contribution in [0.2, 0.25) is 0 Å². The van der Waals surface area contributed by atoms with E-state index in [1.54, 1.807) is 6.26 Å². The molecule has 0 aromatic carbocycles. The average molecular weight is 263 g/mol. The normalized spacial score (nSPS) is 14.8. The van der Waals surface area contributed by atoms with E-state index in [-0.39, 0.29) is 18.7 Å². The molecule has 0 spiro atoms. The highest BCUT2D eigenvalue weighted by Gasteiger charge is 2.18. The van der Waals surface area contributed by atoms with Gasteiger partial charge in [-0.15, -0.1) is 0 Å². The summed E-state index contributed by atoms with van der Waals surface area (Å²) >= 11 is 0. The summed E-state index contributed by atoms with van der Waals surface area (Å²) in [6.45, 7) is 6.23. The van der Waals surface area contributed by atoms with Crippen LogP contribution in [-0.4, -0.2) is 21.5 Å². The summed E-state index contributed by atoms with van der Waals surface area (Å²) in [4.78, 5) is 0. The smallest absolute Gasteiger partial charge is 0.123 e. The summed E-state index contributed by atoms with van der Waals surface area (Å²) in [7, 11) is 0. The first-order chi connectivity index (χ1) is 9.11. The molecule has 2 aromatic rings. The number of nitrogens with one attached hydrogen (secondary N) is 1. The van der Waals surface area contributed by atoms with E-state index in [2.05, 4.69) is 24.3 Å². The molecule has 2 N–H and O–H groups in total. The van der Waals surface area contributed by atoms with Crippen molar-refractivity contribution in [2.75, 3.05) is 6.61 Å². The van der Waals surface area contributed by atoms with Crippen LogP contribution in [0.1, 0.15) is 50.2 Å². The fourth-order valence-corrected chi connectivity index (χ4v) is 1.97. The lowest BCUT2D eigenvalue weighted by molar-refractivity contribution is 0.217. The summed E-state index contributed by atoms with van der Waals surface area (Å²) in [6.07, 6.45) is 5.49. The average Bonchev–Trinajstić information content (AvgIpc) is 3.05. The van der Waals surface area contributed by atoms with Crippen molar-refractivity contribution in [3.63, 3.8) is 0 Å². The Balaban J connectivity index is 2.04. The van der Waals surface area contributed by atoms with Crippen molar-refractivity contribution in [1.82, 2.24) is 15.1 Å². The highest BCUT2D eigenvalue weighted by molar-refractivity contribution is 5.12. The predicted molar refractivity (Wildman–Crippen MR) is 72.7 cm³/mol. The second-order valence-corrected chi connectivity index (χ2v) is 4.99. The zero-order valence-corrected chi connectivity index (χ0v) is 11.6. The van der Waals surface area contributed by atoms with E-state index in [0.717, 1.165) is 11.3 Å². The summed E-state index contributed by atoms with van der Waals surface area (Å²) in [6, 6.07) is 3.92. The van der Waals surface area contributed by atoms with Gasteiger partial charge >= 0.3 is 0 Å². The predicted octanol–water partition coefficient (Wildman–Crippen LogP) is 2.44. The van der Waals surface area contributed by atoms with E-state index < -0.39 is 0 Å². The Labute approximate surface area is 113 Å². The summed E-state index contributed by atoms with van der Waals surface area (Å²) in [5.41, 5.74) is 1.10. The lowest BCUT2D eigenvalue weighted by Gasteiger charge is -2.19. The van der Waals surface area contributed by atoms with E-state index in [4.69, 9.17) is 4.42 Å². The quantitative estimate of drug-likeness (QED) is 0.840. The first-order valence-electron chi connectivity index (χ1n) is 6.56. The number of aromatic nitrogens is 2. The number of rotatable bonds is 6. The molecule has 0 aliphatic rings. The van der Waals surface area contributed by atoms with Gasteiger partial charge in [0.1, 0.15) is 5.76 Å². The van der Waals surface area contributed by atoms with Crippen LogP contribution >= 0.6 is 0 Å². The maximum Gasteiger partial charge on any atom is 0.123 e. The van der Waals surface area contributed by atoms with E-state index in [1.165, 1.54) is 0 Å². The van der Waals surface area contributed by atoms with Crippen molar-refractivity contribution in [2.45, 2.75) is 38.9 Å². The molecule has 2 unspecified atom stereocenters. The monoisotopic (exact) mass is 263 g/mol. The number of hydrogen-bond acceptors (Lipinski definition) is 4. The Bertz CT molecular complexity index is 491. The first kappa shape index (κ1) is 13.8. The van der Waals surface area contributed by atoms with Crippen LogP contribution in [0.25, 0.3) is 0 Å². The van der Waals surface area contributed by atoms with Crippen LogP contribution in [0.15, 0.2) is 35.2 Å². The largest absolute Gasteiger partial charge is 0.468 e. The van der Waals surface area contributed by atoms with Gasteiger partial charge in [0.25, 0.3) is 0 Å². The summed E-state index contributed by atoms with van der Waals surface area (Å²) in [5.74, 6) is 0.741. The van der Waals surface area contributed by atoms with E-state index in [0.29, 0.717) is 6.04 Å². The number of hydrogen-bond donors (Lipinski definition) is 2. The zero-order valence-electron chi connectivity index (χ0n) is 11.6. The van der Waals surface area contributed by atoms with Gasteiger partial charge in [-0.25, -0.2) is 0 Å². The highest BCUT2D eigenvalue weighted by Crippen LogP contribution is 2.20. The van der Waals surface area contributed by atoms with Crippen molar-refractivity contribution >= 4 is 0 Å². The molecule has 5 nitrogen and oxygen atoms in total. The molecule has 0 saturated carbocycles. The molecule has 0 radical (unpaired) electrons. The van der Waals surface area contributed by atoms with Crippen molar-refractivity contribution in [3.8, 4) is 0 Å². The molecule has 2 heterocycles. The van der Waals surface area contributed by atoms with Gasteiger partial charge in [0, 0.05) is 23.8 Å². The van der Waals surface area contributed by atoms with Gasteiger partial charge in [-0.1, -0.05) is 0 Å². The standard InChI is InChI=1S/C14H21N3O2/c1-10(2)17-8-12(7-15-17)11(3)16-13(9-18)14-5-4-6-19-14/h4-8,10-11,13,16,18H,9H2,1-3H3. The van der Waals surface area contributed by atoms with Crippen LogP contribution in [-0.2, 0) is 0 Å². The summed E-state index contributed by atoms with van der Waals surface area (Å²) < 4.78 is 7.25. The molecular formula is C14H21N3O2. The van der Waals surface area contributed by atoms with Gasteiger partial charge in [-0.3, -0.25) is 10.00 Å². The minimum Gasteiger partial charge on any atom is -0.468 e. The Morgan fingerprint density at radius 2 is 2.21 bits per heavy atom. The Kier molecular flexibility index (Phi) is 4.39. The van der Waals surface area contributed by atoms with Crippen molar-refractivity contribution < 1.29 is 9.52 Å². The SMILES string of the molecule is CC(NC(CO)c1ccco1)c1cnn(C(C)C)c1. The Morgan fingerprint density at radius 3 is 2.74 bits per heavy atom. The maximum absolute atomic E-state index is 9.44. The summed E-state index contributed by atoms with van der Waals surface area (Å²) in [5, 5.41) is 17.1. The maximum atomic E-state index is 9.44. The van der Waals surface area contributed by atoms with Gasteiger partial charge in [0.2, 0.25) is 0 Å². The molecule has 0 amide bonds. The van der Waals surface area contributed by atoms with E-state index in [1.807, 2.05) is 36.1 Å². The number of aliphatic hydroxyl groups is 1. The minimum absolute atomic E-state index is 0.00380. The fraction of sp³-hybridized carbons (Fsp3) is 0.500. The Hall–Kier alpha value is -1.59. The van der Waals surface area contributed by atoms with Gasteiger partial charge in [-0.05, 0) is 32.9 Å². The third kappa shape index (κ3) is 3.24. The number of nitrogens with zero attached hydrogens (tertiary/aromatic N) is 2. The van der Waals surface area contributed by atoms with Gasteiger partial charge in [0.05, 0.1) is 25.1 Å². The number of furan rings is 1. The van der Waals surface area contributed by atoms with Gasteiger partial charge in [0.15, 0.2) is 0 Å². The van der Waals surface area contributed by atoms with Crippen LogP contribution in [0.3, 0.4) is 0 Å². The van der Waals surface area contributed by atoms with Crippen molar-refractivity contribution in [1.29, 1.82) is 0 Å². The molecule has 0 fully saturated rings. The zero-order chi connectivity index (χ0) is 13.8. The van der Waals surface area contributed by atoms with Gasteiger partial charge < -0.3 is 9.52 Å². The van der Waals surface area contributed by atoms with Crippen molar-refractivity contribution in [2.24, 2.45) is 0 Å². The second-order valence-electron chi connectivity index (χ2n) is 4.99. The van der Waals surface area contributed by atoms with E-state index in [9.17, 15) is 5.11 Å². The topological polar surface area (TPSA) is 63.2 Å². The molecule has 2 rings (SSSR count). The molecule has 0 saturated heterocycles. The first-order valence-corrected chi connectivity index (χ1v) is 6.56.